The van der Waals surface area contributed by atoms with E-state index in [1.807, 2.05) is 0 Å². The van der Waals surface area contributed by atoms with E-state index in [4.69, 9.17) is 0 Å². The van der Waals surface area contributed by atoms with Crippen molar-refractivity contribution >= 4 is 27.3 Å². The Balaban J connectivity index is 2.01. The third-order valence-electron chi connectivity index (χ3n) is 4.02. The van der Waals surface area contributed by atoms with Gasteiger partial charge in [0.15, 0.2) is 0 Å². The number of amides is 1. The highest BCUT2D eigenvalue weighted by Gasteiger charge is 2.30. The van der Waals surface area contributed by atoms with Crippen LogP contribution in [0.1, 0.15) is 31.1 Å². The number of carbonyl (C=O) groups excluding carboxylic acids is 1. The molecule has 0 radical (unpaired) electrons. The van der Waals surface area contributed by atoms with Gasteiger partial charge in [-0.1, -0.05) is 0 Å². The van der Waals surface area contributed by atoms with Crippen molar-refractivity contribution in [2.24, 2.45) is 0 Å². The Hall–Kier alpha value is -1.13. The lowest BCUT2D eigenvalue weighted by molar-refractivity contribution is -0.144. The van der Waals surface area contributed by atoms with Crippen LogP contribution < -0.4 is 0 Å². The van der Waals surface area contributed by atoms with E-state index in [-0.39, 0.29) is 23.7 Å². The van der Waals surface area contributed by atoms with E-state index in [9.17, 15) is 26.4 Å². The van der Waals surface area contributed by atoms with Crippen LogP contribution in [0.5, 0.6) is 0 Å². The number of halogens is 3. The molecule has 2 heterocycles. The van der Waals surface area contributed by atoms with E-state index < -0.39 is 28.5 Å². The van der Waals surface area contributed by atoms with Gasteiger partial charge in [0.05, 0.1) is 12.8 Å². The SMILES string of the molecule is CCN(CCC(F)(F)F)C(=O)Cc1ccc(S(=O)(=O)N2CCCC2)s1. The van der Waals surface area contributed by atoms with Gasteiger partial charge in [-0.05, 0) is 31.9 Å². The van der Waals surface area contributed by atoms with E-state index in [0.717, 1.165) is 29.1 Å². The zero-order chi connectivity index (χ0) is 18.7. The van der Waals surface area contributed by atoms with Gasteiger partial charge in [0.2, 0.25) is 5.91 Å². The first-order valence-electron chi connectivity index (χ1n) is 8.07. The van der Waals surface area contributed by atoms with E-state index in [2.05, 4.69) is 0 Å². The lowest BCUT2D eigenvalue weighted by atomic mass is 10.3. The zero-order valence-electron chi connectivity index (χ0n) is 13.9. The average molecular weight is 398 g/mol. The molecule has 1 aromatic rings. The largest absolute Gasteiger partial charge is 0.390 e. The number of hydrogen-bond donors (Lipinski definition) is 0. The highest BCUT2D eigenvalue weighted by Crippen LogP contribution is 2.28. The highest BCUT2D eigenvalue weighted by molar-refractivity contribution is 7.91. The van der Waals surface area contributed by atoms with Crippen molar-refractivity contribution in [1.82, 2.24) is 9.21 Å². The molecule has 0 N–H and O–H groups in total. The van der Waals surface area contributed by atoms with Crippen LogP contribution >= 0.6 is 11.3 Å². The van der Waals surface area contributed by atoms with Crippen molar-refractivity contribution in [2.45, 2.75) is 43.0 Å². The van der Waals surface area contributed by atoms with Gasteiger partial charge in [-0.15, -0.1) is 11.3 Å². The molecule has 1 amide bonds. The number of sulfonamides is 1. The van der Waals surface area contributed by atoms with Crippen LogP contribution in [0.3, 0.4) is 0 Å². The lowest BCUT2D eigenvalue weighted by Crippen LogP contribution is -2.34. The fourth-order valence-electron chi connectivity index (χ4n) is 2.63. The molecule has 5 nitrogen and oxygen atoms in total. The summed E-state index contributed by atoms with van der Waals surface area (Å²) in [4.78, 5) is 13.9. The Morgan fingerprint density at radius 1 is 1.28 bits per heavy atom. The topological polar surface area (TPSA) is 57.7 Å². The summed E-state index contributed by atoms with van der Waals surface area (Å²) in [6, 6.07) is 3.02. The van der Waals surface area contributed by atoms with Gasteiger partial charge < -0.3 is 4.90 Å². The van der Waals surface area contributed by atoms with Gasteiger partial charge in [-0.2, -0.15) is 17.5 Å². The van der Waals surface area contributed by atoms with Crippen LogP contribution in [0.15, 0.2) is 16.3 Å². The molecular weight excluding hydrogens is 377 g/mol. The maximum atomic E-state index is 12.5. The molecule has 1 aromatic heterocycles. The van der Waals surface area contributed by atoms with E-state index >= 15 is 0 Å². The number of thiophene rings is 1. The zero-order valence-corrected chi connectivity index (χ0v) is 15.5. The van der Waals surface area contributed by atoms with Gasteiger partial charge in [0.1, 0.15) is 4.21 Å². The number of carbonyl (C=O) groups is 1. The third-order valence-corrected chi connectivity index (χ3v) is 7.47. The number of hydrogen-bond acceptors (Lipinski definition) is 4. The number of nitrogens with zero attached hydrogens (tertiary/aromatic N) is 2. The summed E-state index contributed by atoms with van der Waals surface area (Å²) in [5.41, 5.74) is 0. The summed E-state index contributed by atoms with van der Waals surface area (Å²) in [5, 5.41) is 0. The Labute approximate surface area is 149 Å². The maximum Gasteiger partial charge on any atom is 0.390 e. The second-order valence-electron chi connectivity index (χ2n) is 5.85. The molecule has 25 heavy (non-hydrogen) atoms. The minimum atomic E-state index is -4.31. The first-order chi connectivity index (χ1) is 11.6. The molecule has 1 aliphatic rings. The van der Waals surface area contributed by atoms with Crippen molar-refractivity contribution in [3.8, 4) is 0 Å². The lowest BCUT2D eigenvalue weighted by Gasteiger charge is -2.21. The van der Waals surface area contributed by atoms with Gasteiger partial charge in [-0.3, -0.25) is 4.79 Å². The molecule has 2 rings (SSSR count). The van der Waals surface area contributed by atoms with Crippen molar-refractivity contribution in [1.29, 1.82) is 0 Å². The molecular formula is C15H21F3N2O3S2. The molecule has 0 bridgehead atoms. The summed E-state index contributed by atoms with van der Waals surface area (Å²) < 4.78 is 63.5. The molecule has 1 fully saturated rings. The molecule has 0 aromatic carbocycles. The van der Waals surface area contributed by atoms with Gasteiger partial charge in [-0.25, -0.2) is 8.42 Å². The highest BCUT2D eigenvalue weighted by atomic mass is 32.2. The van der Waals surface area contributed by atoms with Crippen LogP contribution in [0.25, 0.3) is 0 Å². The third kappa shape index (κ3) is 5.42. The predicted molar refractivity (Wildman–Crippen MR) is 88.9 cm³/mol. The Morgan fingerprint density at radius 3 is 2.48 bits per heavy atom. The maximum absolute atomic E-state index is 12.5. The number of alkyl halides is 3. The monoisotopic (exact) mass is 398 g/mol. The second kappa shape index (κ2) is 8.05. The summed E-state index contributed by atoms with van der Waals surface area (Å²) in [6.45, 7) is 2.40. The standard InChI is InChI=1S/C15H21F3N2O3S2/c1-2-19(10-7-15(16,17)18)13(21)11-12-5-6-14(24-12)25(22,23)20-8-3-4-9-20/h5-6H,2-4,7-11H2,1H3. The van der Waals surface area contributed by atoms with E-state index in [1.54, 1.807) is 13.0 Å². The Bertz CT molecular complexity index is 695. The molecule has 1 aliphatic heterocycles. The molecule has 0 spiro atoms. The van der Waals surface area contributed by atoms with E-state index in [1.165, 1.54) is 10.4 Å². The van der Waals surface area contributed by atoms with Crippen LogP contribution in [0, 0.1) is 0 Å². The van der Waals surface area contributed by atoms with E-state index in [0.29, 0.717) is 18.0 Å². The molecule has 142 valence electrons. The van der Waals surface area contributed by atoms with Crippen molar-refractivity contribution in [3.05, 3.63) is 17.0 Å². The van der Waals surface area contributed by atoms with Gasteiger partial charge in [0, 0.05) is 31.1 Å². The quantitative estimate of drug-likeness (QED) is 0.710. The summed E-state index contributed by atoms with van der Waals surface area (Å²) >= 11 is 1.01. The van der Waals surface area contributed by atoms with Crippen LogP contribution in [-0.4, -0.2) is 55.9 Å². The first kappa shape index (κ1) is 20.2. The van der Waals surface area contributed by atoms with Gasteiger partial charge in [0.25, 0.3) is 10.0 Å². The molecule has 10 heteroatoms. The Morgan fingerprint density at radius 2 is 1.92 bits per heavy atom. The summed E-state index contributed by atoms with van der Waals surface area (Å²) in [7, 11) is -3.53. The fraction of sp³-hybridized carbons (Fsp3) is 0.667. The van der Waals surface area contributed by atoms with Crippen LogP contribution in [0.4, 0.5) is 13.2 Å². The van der Waals surface area contributed by atoms with Gasteiger partial charge >= 0.3 is 6.18 Å². The normalized spacial score (nSPS) is 16.3. The first-order valence-corrected chi connectivity index (χ1v) is 10.3. The van der Waals surface area contributed by atoms with Crippen molar-refractivity contribution < 1.29 is 26.4 Å². The molecule has 0 aliphatic carbocycles. The smallest absolute Gasteiger partial charge is 0.342 e. The summed E-state index contributed by atoms with van der Waals surface area (Å²) in [6.07, 6.45) is -3.79. The minimum Gasteiger partial charge on any atom is -0.342 e. The number of rotatable bonds is 7. The van der Waals surface area contributed by atoms with Crippen LogP contribution in [0.2, 0.25) is 0 Å². The molecule has 0 atom stereocenters. The molecule has 0 unspecified atom stereocenters. The molecule has 1 saturated heterocycles. The average Bonchev–Trinajstić information content (AvgIpc) is 3.18. The number of likely N-dealkylation sites (N-methyl/N-ethyl adjacent to an activating group) is 1. The Kier molecular flexibility index (Phi) is 6.50. The van der Waals surface area contributed by atoms with Crippen molar-refractivity contribution in [2.75, 3.05) is 26.2 Å². The molecule has 0 saturated carbocycles. The fourth-order valence-corrected chi connectivity index (χ4v) is 5.65. The van der Waals surface area contributed by atoms with Crippen molar-refractivity contribution in [3.63, 3.8) is 0 Å². The predicted octanol–water partition coefficient (Wildman–Crippen LogP) is 2.88. The van der Waals surface area contributed by atoms with Crippen LogP contribution in [-0.2, 0) is 21.2 Å². The second-order valence-corrected chi connectivity index (χ2v) is 9.18. The summed E-state index contributed by atoms with van der Waals surface area (Å²) in [5.74, 6) is -0.432. The minimum absolute atomic E-state index is 0.0914.